The van der Waals surface area contributed by atoms with E-state index in [1.165, 1.54) is 44.6 Å². The number of halogens is 2. The molecule has 1 heterocycles. The molecule has 0 aliphatic rings. The normalized spacial score (nSPS) is 12.1. The summed E-state index contributed by atoms with van der Waals surface area (Å²) in [4.78, 5) is 8.50. The van der Waals surface area contributed by atoms with E-state index in [0.29, 0.717) is 43.0 Å². The van der Waals surface area contributed by atoms with Gasteiger partial charge in [-0.15, -0.1) is 0 Å². The van der Waals surface area contributed by atoms with Gasteiger partial charge in [0, 0.05) is 0 Å². The van der Waals surface area contributed by atoms with Gasteiger partial charge >= 0.3 is 0 Å². The summed E-state index contributed by atoms with van der Waals surface area (Å²) in [5.41, 5.74) is 1.23. The van der Waals surface area contributed by atoms with Crippen LogP contribution in [0.4, 0.5) is 8.78 Å². The van der Waals surface area contributed by atoms with Crippen LogP contribution in [0.5, 0.6) is 5.75 Å². The van der Waals surface area contributed by atoms with E-state index in [-0.39, 0.29) is 5.82 Å². The van der Waals surface area contributed by atoms with E-state index < -0.39 is 6.17 Å². The van der Waals surface area contributed by atoms with Crippen LogP contribution in [0.15, 0.2) is 30.6 Å². The van der Waals surface area contributed by atoms with Crippen molar-refractivity contribution in [2.75, 3.05) is 6.61 Å². The van der Waals surface area contributed by atoms with Gasteiger partial charge in [-0.2, -0.15) is 0 Å². The second kappa shape index (κ2) is 13.2. The summed E-state index contributed by atoms with van der Waals surface area (Å²) >= 11 is 0. The summed E-state index contributed by atoms with van der Waals surface area (Å²) in [6.45, 7) is 4.42. The standard InChI is InChI=1S/C24H34F2N2O/c1-3-4-5-6-7-8-9-15-29-21-17-27-24(28-18-21)22-14-13-20(16-23(22)26)12-10-11-19(2)25/h13-14,16-19H,3-12,15H2,1-2H3. The Bertz CT molecular complexity index is 705. The molecule has 2 aromatic rings. The van der Waals surface area contributed by atoms with Crippen molar-refractivity contribution in [1.82, 2.24) is 9.97 Å². The number of alkyl halides is 1. The molecule has 0 radical (unpaired) electrons. The summed E-state index contributed by atoms with van der Waals surface area (Å²) in [7, 11) is 0. The van der Waals surface area contributed by atoms with Gasteiger partial charge < -0.3 is 4.74 Å². The third kappa shape index (κ3) is 8.88. The summed E-state index contributed by atoms with van der Waals surface area (Å²) in [6, 6.07) is 5.04. The summed E-state index contributed by atoms with van der Waals surface area (Å²) < 4.78 is 33.0. The predicted molar refractivity (Wildman–Crippen MR) is 114 cm³/mol. The summed E-state index contributed by atoms with van der Waals surface area (Å²) in [6.07, 6.45) is 12.9. The number of aromatic nitrogens is 2. The van der Waals surface area contributed by atoms with Gasteiger partial charge in [0.05, 0.1) is 30.7 Å². The second-order valence-electron chi connectivity index (χ2n) is 7.70. The molecule has 1 aromatic carbocycles. The average molecular weight is 405 g/mol. The maximum absolute atomic E-state index is 14.4. The van der Waals surface area contributed by atoms with Crippen LogP contribution in [-0.4, -0.2) is 22.7 Å². The Morgan fingerprint density at radius 3 is 2.31 bits per heavy atom. The largest absolute Gasteiger partial charge is 0.490 e. The highest BCUT2D eigenvalue weighted by atomic mass is 19.1. The van der Waals surface area contributed by atoms with Gasteiger partial charge in [0.2, 0.25) is 0 Å². The van der Waals surface area contributed by atoms with Crippen LogP contribution in [0.1, 0.15) is 77.2 Å². The molecule has 5 heteroatoms. The van der Waals surface area contributed by atoms with Crippen LogP contribution in [0, 0.1) is 5.82 Å². The van der Waals surface area contributed by atoms with E-state index in [4.69, 9.17) is 4.74 Å². The maximum Gasteiger partial charge on any atom is 0.162 e. The lowest BCUT2D eigenvalue weighted by Gasteiger charge is -2.08. The highest BCUT2D eigenvalue weighted by molar-refractivity contribution is 5.56. The molecule has 2 rings (SSSR count). The van der Waals surface area contributed by atoms with Gasteiger partial charge in [0.25, 0.3) is 0 Å². The van der Waals surface area contributed by atoms with Crippen molar-refractivity contribution in [3.05, 3.63) is 42.0 Å². The first-order chi connectivity index (χ1) is 14.1. The zero-order valence-corrected chi connectivity index (χ0v) is 17.8. The van der Waals surface area contributed by atoms with E-state index in [1.807, 2.05) is 6.07 Å². The van der Waals surface area contributed by atoms with Gasteiger partial charge in [-0.1, -0.05) is 51.5 Å². The minimum atomic E-state index is -0.820. The maximum atomic E-state index is 14.4. The Hall–Kier alpha value is -2.04. The lowest BCUT2D eigenvalue weighted by Crippen LogP contribution is -2.00. The number of unbranched alkanes of at least 4 members (excludes halogenated alkanes) is 6. The lowest BCUT2D eigenvalue weighted by molar-refractivity contribution is 0.302. The topological polar surface area (TPSA) is 35.0 Å². The van der Waals surface area contributed by atoms with Crippen LogP contribution in [0.2, 0.25) is 0 Å². The molecular formula is C24H34F2N2O. The molecule has 0 amide bonds. The molecule has 0 spiro atoms. The molecule has 1 aromatic heterocycles. The van der Waals surface area contributed by atoms with Gasteiger partial charge in [0.1, 0.15) is 5.82 Å². The number of hydrogen-bond donors (Lipinski definition) is 0. The molecular weight excluding hydrogens is 370 g/mol. The first kappa shape index (κ1) is 23.2. The van der Waals surface area contributed by atoms with Crippen molar-refractivity contribution in [2.24, 2.45) is 0 Å². The number of nitrogens with zero attached hydrogens (tertiary/aromatic N) is 2. The fourth-order valence-corrected chi connectivity index (χ4v) is 3.26. The first-order valence-electron chi connectivity index (χ1n) is 11.0. The molecule has 3 nitrogen and oxygen atoms in total. The van der Waals surface area contributed by atoms with Crippen molar-refractivity contribution in [3.63, 3.8) is 0 Å². The van der Waals surface area contributed by atoms with Crippen LogP contribution < -0.4 is 4.74 Å². The molecule has 0 bridgehead atoms. The van der Waals surface area contributed by atoms with E-state index in [1.54, 1.807) is 25.4 Å². The molecule has 0 aliphatic heterocycles. The molecule has 1 unspecified atom stereocenters. The zero-order valence-electron chi connectivity index (χ0n) is 17.8. The fourth-order valence-electron chi connectivity index (χ4n) is 3.26. The molecule has 29 heavy (non-hydrogen) atoms. The molecule has 1 atom stereocenters. The molecule has 0 saturated carbocycles. The van der Waals surface area contributed by atoms with Crippen molar-refractivity contribution < 1.29 is 13.5 Å². The van der Waals surface area contributed by atoms with Crippen molar-refractivity contribution >= 4 is 0 Å². The number of ether oxygens (including phenoxy) is 1. The first-order valence-corrected chi connectivity index (χ1v) is 11.0. The second-order valence-corrected chi connectivity index (χ2v) is 7.70. The monoisotopic (exact) mass is 404 g/mol. The Balaban J connectivity index is 1.77. The Morgan fingerprint density at radius 2 is 1.66 bits per heavy atom. The van der Waals surface area contributed by atoms with Crippen molar-refractivity contribution in [3.8, 4) is 17.1 Å². The van der Waals surface area contributed by atoms with E-state index in [2.05, 4.69) is 16.9 Å². The van der Waals surface area contributed by atoms with Gasteiger partial charge in [-0.05, 0) is 50.3 Å². The number of aryl methyl sites for hydroxylation is 1. The molecule has 0 fully saturated rings. The minimum absolute atomic E-state index is 0.342. The zero-order chi connectivity index (χ0) is 20.9. The van der Waals surface area contributed by atoms with Gasteiger partial charge in [0.15, 0.2) is 11.6 Å². The molecule has 0 saturated heterocycles. The third-order valence-corrected chi connectivity index (χ3v) is 4.99. The van der Waals surface area contributed by atoms with Gasteiger partial charge in [-0.25, -0.2) is 18.7 Å². The summed E-state index contributed by atoms with van der Waals surface area (Å²) in [5.74, 6) is 0.597. The van der Waals surface area contributed by atoms with E-state index in [0.717, 1.165) is 12.0 Å². The Morgan fingerprint density at radius 1 is 0.966 bits per heavy atom. The lowest BCUT2D eigenvalue weighted by atomic mass is 10.0. The van der Waals surface area contributed by atoms with Crippen LogP contribution in [-0.2, 0) is 6.42 Å². The highest BCUT2D eigenvalue weighted by Crippen LogP contribution is 2.22. The Kier molecular flexibility index (Phi) is 10.6. The minimum Gasteiger partial charge on any atom is -0.490 e. The van der Waals surface area contributed by atoms with Gasteiger partial charge in [-0.3, -0.25) is 0 Å². The quantitative estimate of drug-likeness (QED) is 0.315. The van der Waals surface area contributed by atoms with E-state index in [9.17, 15) is 8.78 Å². The SMILES string of the molecule is CCCCCCCCCOc1cnc(-c2ccc(CCCC(C)F)cc2F)nc1. The number of hydrogen-bond acceptors (Lipinski definition) is 3. The molecule has 0 N–H and O–H groups in total. The van der Waals surface area contributed by atoms with Crippen molar-refractivity contribution in [2.45, 2.75) is 84.2 Å². The van der Waals surface area contributed by atoms with Crippen molar-refractivity contribution in [1.29, 1.82) is 0 Å². The number of benzene rings is 1. The van der Waals surface area contributed by atoms with Crippen LogP contribution in [0.25, 0.3) is 11.4 Å². The van der Waals surface area contributed by atoms with E-state index >= 15 is 0 Å². The summed E-state index contributed by atoms with van der Waals surface area (Å²) in [5, 5.41) is 0. The number of rotatable bonds is 14. The van der Waals surface area contributed by atoms with Crippen LogP contribution in [0.3, 0.4) is 0 Å². The highest BCUT2D eigenvalue weighted by Gasteiger charge is 2.10. The predicted octanol–water partition coefficient (Wildman–Crippen LogP) is 7.09. The smallest absolute Gasteiger partial charge is 0.162 e. The van der Waals surface area contributed by atoms with Crippen LogP contribution >= 0.6 is 0 Å². The third-order valence-electron chi connectivity index (χ3n) is 4.99. The average Bonchev–Trinajstić information content (AvgIpc) is 2.70. The Labute approximate surface area is 173 Å². The molecule has 160 valence electrons. The fraction of sp³-hybridized carbons (Fsp3) is 0.583. The molecule has 0 aliphatic carbocycles.